The van der Waals surface area contributed by atoms with Gasteiger partial charge in [0.25, 0.3) is 0 Å². The van der Waals surface area contributed by atoms with Crippen molar-refractivity contribution in [2.45, 2.75) is 39.7 Å². The van der Waals surface area contributed by atoms with Crippen LogP contribution < -0.4 is 0 Å². The third-order valence-corrected chi connectivity index (χ3v) is 1.76. The minimum atomic E-state index is -0.568. The van der Waals surface area contributed by atoms with Crippen LogP contribution in [0.15, 0.2) is 0 Å². The molecule has 16 heavy (non-hydrogen) atoms. The van der Waals surface area contributed by atoms with Gasteiger partial charge in [-0.1, -0.05) is 0 Å². The number of amides is 1. The zero-order valence-electron chi connectivity index (χ0n) is 10.4. The number of hydrogen-bond acceptors (Lipinski definition) is 4. The quantitative estimate of drug-likeness (QED) is 0.772. The largest absolute Gasteiger partial charge is 0.444 e. The van der Waals surface area contributed by atoms with E-state index in [9.17, 15) is 9.59 Å². The van der Waals surface area contributed by atoms with E-state index in [0.717, 1.165) is 0 Å². The van der Waals surface area contributed by atoms with Gasteiger partial charge in [-0.05, 0) is 27.7 Å². The Balaban J connectivity index is 4.29. The van der Waals surface area contributed by atoms with Crippen molar-refractivity contribution < 1.29 is 19.4 Å². The number of nitrogens with zero attached hydrogens (tertiary/aromatic N) is 1. The summed E-state index contributed by atoms with van der Waals surface area (Å²) in [7, 11) is 0. The van der Waals surface area contributed by atoms with Crippen molar-refractivity contribution >= 4 is 11.9 Å². The summed E-state index contributed by atoms with van der Waals surface area (Å²) in [6.45, 7) is 7.10. The second-order valence-corrected chi connectivity index (χ2v) is 4.64. The second-order valence-electron chi connectivity index (χ2n) is 4.64. The summed E-state index contributed by atoms with van der Waals surface area (Å²) < 4.78 is 5.15. The molecule has 0 bridgehead atoms. The van der Waals surface area contributed by atoms with E-state index in [0.29, 0.717) is 0 Å². The number of Topliss-reactive ketones (excluding diaryl/α,β-unsaturated/α-hetero) is 1. The van der Waals surface area contributed by atoms with E-state index in [2.05, 4.69) is 0 Å². The summed E-state index contributed by atoms with van der Waals surface area (Å²) in [4.78, 5) is 23.8. The summed E-state index contributed by atoms with van der Waals surface area (Å²) in [5.41, 5.74) is -0.568. The number of carbonyl (C=O) groups excluding carboxylic acids is 2. The second kappa shape index (κ2) is 6.48. The molecule has 0 radical (unpaired) electrons. The molecule has 0 spiro atoms. The molecule has 0 aliphatic heterocycles. The third kappa shape index (κ3) is 7.23. The average molecular weight is 231 g/mol. The fraction of sp³-hybridized carbons (Fsp3) is 0.818. The van der Waals surface area contributed by atoms with Gasteiger partial charge in [0, 0.05) is 19.5 Å². The number of aliphatic hydroxyl groups excluding tert-OH is 1. The lowest BCUT2D eigenvalue weighted by Gasteiger charge is -2.26. The zero-order valence-corrected chi connectivity index (χ0v) is 10.4. The summed E-state index contributed by atoms with van der Waals surface area (Å²) in [5, 5.41) is 8.81. The molecule has 0 unspecified atom stereocenters. The van der Waals surface area contributed by atoms with Crippen LogP contribution in [0, 0.1) is 0 Å². The van der Waals surface area contributed by atoms with Crippen LogP contribution in [0.25, 0.3) is 0 Å². The first-order chi connectivity index (χ1) is 7.26. The summed E-state index contributed by atoms with van der Waals surface area (Å²) in [6.07, 6.45) is -0.220. The summed E-state index contributed by atoms with van der Waals surface area (Å²) >= 11 is 0. The van der Waals surface area contributed by atoms with Gasteiger partial charge in [0.05, 0.1) is 6.61 Å². The first-order valence-corrected chi connectivity index (χ1v) is 5.34. The van der Waals surface area contributed by atoms with Crippen molar-refractivity contribution in [2.75, 3.05) is 19.7 Å². The van der Waals surface area contributed by atoms with Crippen molar-refractivity contribution in [1.29, 1.82) is 0 Å². The first kappa shape index (κ1) is 14.9. The standard InChI is InChI=1S/C11H21NO4/c1-9(14)5-6-12(7-8-13)10(15)16-11(2,3)4/h13H,5-8H2,1-4H3. The maximum Gasteiger partial charge on any atom is 0.410 e. The lowest BCUT2D eigenvalue weighted by Crippen LogP contribution is -2.39. The minimum Gasteiger partial charge on any atom is -0.444 e. The summed E-state index contributed by atoms with van der Waals surface area (Å²) in [6, 6.07) is 0. The number of aliphatic hydroxyl groups is 1. The van der Waals surface area contributed by atoms with Crippen LogP contribution in [0.4, 0.5) is 4.79 Å². The van der Waals surface area contributed by atoms with Crippen molar-refractivity contribution in [3.63, 3.8) is 0 Å². The molecule has 1 amide bonds. The monoisotopic (exact) mass is 231 g/mol. The Morgan fingerprint density at radius 2 is 1.81 bits per heavy atom. The lowest BCUT2D eigenvalue weighted by molar-refractivity contribution is -0.117. The average Bonchev–Trinajstić information content (AvgIpc) is 2.08. The molecule has 0 atom stereocenters. The number of rotatable bonds is 5. The van der Waals surface area contributed by atoms with Gasteiger partial charge in [-0.2, -0.15) is 0 Å². The number of ketones is 1. The van der Waals surface area contributed by atoms with Gasteiger partial charge < -0.3 is 14.7 Å². The predicted octanol–water partition coefficient (Wildman–Crippen LogP) is 1.19. The van der Waals surface area contributed by atoms with E-state index in [4.69, 9.17) is 9.84 Å². The molecule has 0 aliphatic carbocycles. The SMILES string of the molecule is CC(=O)CCN(CCO)C(=O)OC(C)(C)C. The smallest absolute Gasteiger partial charge is 0.410 e. The molecule has 0 saturated carbocycles. The van der Waals surface area contributed by atoms with Gasteiger partial charge in [0.2, 0.25) is 0 Å². The van der Waals surface area contributed by atoms with E-state index in [-0.39, 0.29) is 31.9 Å². The number of carbonyl (C=O) groups is 2. The highest BCUT2D eigenvalue weighted by atomic mass is 16.6. The Morgan fingerprint density at radius 3 is 2.19 bits per heavy atom. The number of hydrogen-bond donors (Lipinski definition) is 1. The third-order valence-electron chi connectivity index (χ3n) is 1.76. The molecule has 94 valence electrons. The van der Waals surface area contributed by atoms with Gasteiger partial charge in [-0.15, -0.1) is 0 Å². The van der Waals surface area contributed by atoms with Crippen molar-refractivity contribution in [2.24, 2.45) is 0 Å². The van der Waals surface area contributed by atoms with E-state index >= 15 is 0 Å². The highest BCUT2D eigenvalue weighted by Gasteiger charge is 2.21. The van der Waals surface area contributed by atoms with Crippen LogP contribution in [-0.2, 0) is 9.53 Å². The molecule has 0 heterocycles. The Hall–Kier alpha value is -1.10. The topological polar surface area (TPSA) is 66.8 Å². The lowest BCUT2D eigenvalue weighted by atomic mass is 10.2. The maximum atomic E-state index is 11.6. The summed E-state index contributed by atoms with van der Waals surface area (Å²) in [5.74, 6) is 0.00602. The van der Waals surface area contributed by atoms with Gasteiger partial charge in [0.15, 0.2) is 0 Å². The zero-order chi connectivity index (χ0) is 12.8. The van der Waals surface area contributed by atoms with Crippen molar-refractivity contribution in [3.8, 4) is 0 Å². The Morgan fingerprint density at radius 1 is 1.25 bits per heavy atom. The Kier molecular flexibility index (Phi) is 6.03. The molecule has 0 aliphatic rings. The Bertz CT molecular complexity index is 245. The van der Waals surface area contributed by atoms with Crippen LogP contribution in [0.1, 0.15) is 34.1 Å². The van der Waals surface area contributed by atoms with Crippen LogP contribution in [0.3, 0.4) is 0 Å². The molecule has 0 saturated heterocycles. The fourth-order valence-electron chi connectivity index (χ4n) is 1.03. The fourth-order valence-corrected chi connectivity index (χ4v) is 1.03. The normalized spacial score (nSPS) is 11.1. The minimum absolute atomic E-state index is 0.00602. The highest BCUT2D eigenvalue weighted by Crippen LogP contribution is 2.10. The molecule has 0 aromatic rings. The van der Waals surface area contributed by atoms with Crippen LogP contribution >= 0.6 is 0 Å². The van der Waals surface area contributed by atoms with Gasteiger partial charge in [0.1, 0.15) is 11.4 Å². The molecular formula is C11H21NO4. The number of ether oxygens (including phenoxy) is 1. The van der Waals surface area contributed by atoms with E-state index in [1.165, 1.54) is 11.8 Å². The van der Waals surface area contributed by atoms with Crippen molar-refractivity contribution in [3.05, 3.63) is 0 Å². The van der Waals surface area contributed by atoms with E-state index in [1.54, 1.807) is 20.8 Å². The van der Waals surface area contributed by atoms with Gasteiger partial charge in [-0.25, -0.2) is 4.79 Å². The Labute approximate surface area is 96.4 Å². The van der Waals surface area contributed by atoms with Crippen LogP contribution in [-0.4, -0.2) is 47.2 Å². The predicted molar refractivity (Wildman–Crippen MR) is 60.2 cm³/mol. The highest BCUT2D eigenvalue weighted by molar-refractivity contribution is 5.76. The van der Waals surface area contributed by atoms with Crippen molar-refractivity contribution in [1.82, 2.24) is 4.90 Å². The maximum absolute atomic E-state index is 11.6. The first-order valence-electron chi connectivity index (χ1n) is 5.34. The molecule has 1 N–H and O–H groups in total. The van der Waals surface area contributed by atoms with Gasteiger partial charge in [-0.3, -0.25) is 4.79 Å². The van der Waals surface area contributed by atoms with E-state index < -0.39 is 11.7 Å². The molecule has 0 aromatic heterocycles. The molecule has 0 fully saturated rings. The van der Waals surface area contributed by atoms with Crippen LogP contribution in [0.5, 0.6) is 0 Å². The van der Waals surface area contributed by atoms with Crippen LogP contribution in [0.2, 0.25) is 0 Å². The molecule has 5 heteroatoms. The molecule has 0 rings (SSSR count). The van der Waals surface area contributed by atoms with E-state index in [1.807, 2.05) is 0 Å². The molecule has 0 aromatic carbocycles. The molecule has 5 nitrogen and oxygen atoms in total. The molecular weight excluding hydrogens is 210 g/mol. The van der Waals surface area contributed by atoms with Gasteiger partial charge >= 0.3 is 6.09 Å².